The summed E-state index contributed by atoms with van der Waals surface area (Å²) >= 11 is 0. The molecule has 0 bridgehead atoms. The van der Waals surface area contributed by atoms with E-state index in [-0.39, 0.29) is 5.41 Å². The van der Waals surface area contributed by atoms with E-state index in [1.165, 1.54) is 51.4 Å². The third kappa shape index (κ3) is 5.90. The molecule has 3 heterocycles. The Balaban J connectivity index is 1.35. The highest BCUT2D eigenvalue weighted by Crippen LogP contribution is 2.38. The maximum absolute atomic E-state index is 6.76. The van der Waals surface area contributed by atoms with E-state index >= 15 is 0 Å². The van der Waals surface area contributed by atoms with Crippen molar-refractivity contribution in [2.24, 2.45) is 0 Å². The zero-order chi connectivity index (χ0) is 33.6. The van der Waals surface area contributed by atoms with Crippen LogP contribution in [0.15, 0.2) is 103 Å². The van der Waals surface area contributed by atoms with Crippen molar-refractivity contribution in [1.29, 1.82) is 0 Å². The molecule has 0 radical (unpaired) electrons. The molecule has 0 aliphatic rings. The molecule has 0 unspecified atom stereocenters. The van der Waals surface area contributed by atoms with E-state index in [2.05, 4.69) is 143 Å². The average molecular weight is 633 g/mol. The minimum absolute atomic E-state index is 0.0881. The number of aryl methyl sites for hydroxylation is 3. The Labute approximate surface area is 283 Å². The fourth-order valence-corrected chi connectivity index (χ4v) is 6.79. The van der Waals surface area contributed by atoms with Crippen molar-refractivity contribution in [3.63, 3.8) is 0 Å². The van der Waals surface area contributed by atoms with Gasteiger partial charge in [-0.3, -0.25) is 4.57 Å². The highest BCUT2D eigenvalue weighted by Gasteiger charge is 2.21. The summed E-state index contributed by atoms with van der Waals surface area (Å²) in [5, 5.41) is 7.46. The van der Waals surface area contributed by atoms with Crippen molar-refractivity contribution >= 4 is 21.8 Å². The highest BCUT2D eigenvalue weighted by molar-refractivity contribution is 6.09. The van der Waals surface area contributed by atoms with E-state index in [1.807, 2.05) is 18.3 Å². The topological polar surface area (TPSA) is 44.9 Å². The number of unbranched alkanes of at least 4 members (excludes halogenated alkanes) is 1. The number of nitrogens with zero attached hydrogens (tertiary/aromatic N) is 4. The van der Waals surface area contributed by atoms with E-state index < -0.39 is 0 Å². The van der Waals surface area contributed by atoms with Crippen molar-refractivity contribution in [1.82, 2.24) is 19.3 Å². The van der Waals surface area contributed by atoms with Crippen LogP contribution < -0.4 is 4.74 Å². The van der Waals surface area contributed by atoms with Gasteiger partial charge in [0.2, 0.25) is 0 Å². The predicted molar refractivity (Wildman–Crippen MR) is 199 cm³/mol. The molecule has 3 aromatic heterocycles. The largest absolute Gasteiger partial charge is 0.457 e. The zero-order valence-electron chi connectivity index (χ0n) is 29.1. The number of pyridine rings is 1. The molecule has 0 spiro atoms. The number of fused-ring (bicyclic) bond motifs is 3. The van der Waals surface area contributed by atoms with E-state index in [9.17, 15) is 0 Å². The van der Waals surface area contributed by atoms with E-state index in [1.54, 1.807) is 0 Å². The van der Waals surface area contributed by atoms with E-state index in [0.717, 1.165) is 51.8 Å². The van der Waals surface area contributed by atoms with Gasteiger partial charge in [0.15, 0.2) is 0 Å². The molecule has 48 heavy (non-hydrogen) atoms. The van der Waals surface area contributed by atoms with E-state index in [4.69, 9.17) is 14.8 Å². The molecule has 0 atom stereocenters. The normalized spacial score (nSPS) is 11.9. The van der Waals surface area contributed by atoms with Crippen molar-refractivity contribution in [3.05, 3.63) is 131 Å². The molecular weight excluding hydrogens is 589 g/mol. The van der Waals surface area contributed by atoms with Crippen LogP contribution in [0, 0.1) is 20.8 Å². The monoisotopic (exact) mass is 632 g/mol. The molecule has 0 aliphatic heterocycles. The Morgan fingerprint density at radius 3 is 2.31 bits per heavy atom. The molecule has 7 aromatic rings. The lowest BCUT2D eigenvalue weighted by Gasteiger charge is -2.22. The van der Waals surface area contributed by atoms with Gasteiger partial charge in [0.1, 0.15) is 17.3 Å². The molecule has 0 N–H and O–H groups in total. The lowest BCUT2D eigenvalue weighted by molar-refractivity contribution is 0.478. The van der Waals surface area contributed by atoms with Crippen LogP contribution in [0.1, 0.15) is 68.6 Å². The standard InChI is InChI=1S/C43H44N4O/c1-8-9-13-31-16-19-39-38(23-31)37-18-17-35(27-40(37)46(39)41-22-28(2)20-21-44-41)48-36-25-33(43(5,6)7)24-34(26-36)47-30(4)42(29(3)45-47)32-14-11-10-12-15-32/h10-12,14-27H,8-9,13H2,1-7H3. The van der Waals surface area contributed by atoms with Crippen molar-refractivity contribution in [3.8, 4) is 34.1 Å². The second kappa shape index (κ2) is 12.5. The molecular formula is C43H44N4O. The summed E-state index contributed by atoms with van der Waals surface area (Å²) in [4.78, 5) is 4.80. The number of aromatic nitrogens is 4. The first-order valence-electron chi connectivity index (χ1n) is 17.1. The fourth-order valence-electron chi connectivity index (χ4n) is 6.79. The van der Waals surface area contributed by atoms with E-state index in [0.29, 0.717) is 0 Å². The van der Waals surface area contributed by atoms with Crippen molar-refractivity contribution in [2.45, 2.75) is 73.1 Å². The summed E-state index contributed by atoms with van der Waals surface area (Å²) < 4.78 is 11.1. The number of benzene rings is 4. The molecule has 0 saturated heterocycles. The molecule has 5 heteroatoms. The summed E-state index contributed by atoms with van der Waals surface area (Å²) in [7, 11) is 0. The van der Waals surface area contributed by atoms with Gasteiger partial charge in [-0.05, 0) is 110 Å². The Morgan fingerprint density at radius 2 is 1.56 bits per heavy atom. The van der Waals surface area contributed by atoms with Gasteiger partial charge in [0.25, 0.3) is 0 Å². The molecule has 5 nitrogen and oxygen atoms in total. The Kier molecular flexibility index (Phi) is 8.16. The predicted octanol–water partition coefficient (Wildman–Crippen LogP) is 11.4. The van der Waals surface area contributed by atoms with Gasteiger partial charge in [0.05, 0.1) is 22.4 Å². The number of hydrogen-bond acceptors (Lipinski definition) is 3. The maximum atomic E-state index is 6.76. The second-order valence-corrected chi connectivity index (χ2v) is 14.1. The second-order valence-electron chi connectivity index (χ2n) is 14.1. The average Bonchev–Trinajstić information content (AvgIpc) is 3.55. The Morgan fingerprint density at radius 1 is 0.750 bits per heavy atom. The molecule has 0 amide bonds. The van der Waals surface area contributed by atoms with Gasteiger partial charge in [0, 0.05) is 40.4 Å². The molecule has 242 valence electrons. The first kappa shape index (κ1) is 31.4. The van der Waals surface area contributed by atoms with Crippen LogP contribution in [0.3, 0.4) is 0 Å². The van der Waals surface area contributed by atoms with Gasteiger partial charge in [-0.1, -0.05) is 70.5 Å². The minimum atomic E-state index is -0.0881. The van der Waals surface area contributed by atoms with Gasteiger partial charge in [-0.15, -0.1) is 0 Å². The van der Waals surface area contributed by atoms with Crippen LogP contribution in [0.4, 0.5) is 0 Å². The van der Waals surface area contributed by atoms with Crippen molar-refractivity contribution in [2.75, 3.05) is 0 Å². The highest BCUT2D eigenvalue weighted by atomic mass is 16.5. The lowest BCUT2D eigenvalue weighted by atomic mass is 9.86. The fraction of sp³-hybridized carbons (Fsp3) is 0.256. The van der Waals surface area contributed by atoms with Crippen LogP contribution in [0.25, 0.3) is 44.4 Å². The van der Waals surface area contributed by atoms with Crippen LogP contribution >= 0.6 is 0 Å². The number of hydrogen-bond donors (Lipinski definition) is 0. The molecule has 4 aromatic carbocycles. The smallest absolute Gasteiger partial charge is 0.137 e. The van der Waals surface area contributed by atoms with Crippen LogP contribution in [-0.4, -0.2) is 19.3 Å². The third-order valence-electron chi connectivity index (χ3n) is 9.34. The van der Waals surface area contributed by atoms with Crippen LogP contribution in [0.2, 0.25) is 0 Å². The first-order chi connectivity index (χ1) is 23.1. The van der Waals surface area contributed by atoms with Crippen LogP contribution in [0.5, 0.6) is 11.5 Å². The zero-order valence-corrected chi connectivity index (χ0v) is 29.1. The molecule has 0 saturated carbocycles. The quantitative estimate of drug-likeness (QED) is 0.167. The Bertz CT molecular complexity index is 2270. The third-order valence-corrected chi connectivity index (χ3v) is 9.34. The van der Waals surface area contributed by atoms with Gasteiger partial charge in [-0.25, -0.2) is 9.67 Å². The molecule has 0 aliphatic carbocycles. The van der Waals surface area contributed by atoms with Crippen molar-refractivity contribution < 1.29 is 4.74 Å². The van der Waals surface area contributed by atoms with Gasteiger partial charge in [-0.2, -0.15) is 5.10 Å². The summed E-state index contributed by atoms with van der Waals surface area (Å²) in [6, 6.07) is 34.5. The molecule has 7 rings (SSSR count). The SMILES string of the molecule is CCCCc1ccc2c(c1)c1ccc(Oc3cc(-n4nc(C)c(-c5ccccc5)c4C)cc(C(C)(C)C)c3)cc1n2-c1cc(C)ccn1. The molecule has 0 fully saturated rings. The summed E-state index contributed by atoms with van der Waals surface area (Å²) in [5.74, 6) is 2.47. The number of rotatable bonds is 8. The van der Waals surface area contributed by atoms with Gasteiger partial charge >= 0.3 is 0 Å². The number of ether oxygens (including phenoxy) is 1. The maximum Gasteiger partial charge on any atom is 0.137 e. The van der Waals surface area contributed by atoms with Gasteiger partial charge < -0.3 is 4.74 Å². The summed E-state index contributed by atoms with van der Waals surface area (Å²) in [5.41, 5.74) is 11.3. The van der Waals surface area contributed by atoms with Crippen LogP contribution in [-0.2, 0) is 11.8 Å². The lowest BCUT2D eigenvalue weighted by Crippen LogP contribution is -2.12. The summed E-state index contributed by atoms with van der Waals surface area (Å²) in [6.45, 7) is 15.3. The summed E-state index contributed by atoms with van der Waals surface area (Å²) in [6.07, 6.45) is 5.33. The minimum Gasteiger partial charge on any atom is -0.457 e. The first-order valence-corrected chi connectivity index (χ1v) is 17.1. The Hall–Kier alpha value is -5.16.